The van der Waals surface area contributed by atoms with Crippen molar-refractivity contribution >= 4 is 17.7 Å². The van der Waals surface area contributed by atoms with Crippen molar-refractivity contribution in [3.8, 4) is 11.1 Å². The molecule has 2 N–H and O–H groups in total. The zero-order chi connectivity index (χ0) is 26.7. The van der Waals surface area contributed by atoms with Crippen LogP contribution in [0.3, 0.4) is 0 Å². The van der Waals surface area contributed by atoms with Crippen LogP contribution < -0.4 is 10.6 Å². The first-order valence-electron chi connectivity index (χ1n) is 12.0. The molecule has 1 aliphatic heterocycles. The van der Waals surface area contributed by atoms with Gasteiger partial charge in [-0.1, -0.05) is 36.4 Å². The Labute approximate surface area is 214 Å². The second kappa shape index (κ2) is 10.5. The van der Waals surface area contributed by atoms with Gasteiger partial charge in [0, 0.05) is 28.9 Å². The molecule has 0 bridgehead atoms. The fraction of sp³-hybridized carbons (Fsp3) is 0.276. The van der Waals surface area contributed by atoms with E-state index in [1.165, 1.54) is 12.1 Å². The number of nitrogens with zero attached hydrogens (tertiary/aromatic N) is 1. The van der Waals surface area contributed by atoms with Gasteiger partial charge in [-0.05, 0) is 68.7 Å². The molecule has 3 aromatic rings. The van der Waals surface area contributed by atoms with Crippen molar-refractivity contribution in [3.05, 3.63) is 94.6 Å². The summed E-state index contributed by atoms with van der Waals surface area (Å²) in [7, 11) is 0. The maximum absolute atomic E-state index is 14.6. The molecule has 0 fully saturated rings. The Morgan fingerprint density at radius 2 is 1.76 bits per heavy atom. The van der Waals surface area contributed by atoms with Gasteiger partial charge in [-0.2, -0.15) is 0 Å². The highest BCUT2D eigenvalue weighted by atomic mass is 19.2. The topological polar surface area (TPSA) is 79.8 Å². The average Bonchev–Trinajstić information content (AvgIpc) is 3.22. The van der Waals surface area contributed by atoms with E-state index < -0.39 is 35.3 Å². The van der Waals surface area contributed by atoms with Crippen LogP contribution in [0.4, 0.5) is 13.6 Å². The van der Waals surface area contributed by atoms with Gasteiger partial charge in [-0.25, -0.2) is 13.6 Å². The summed E-state index contributed by atoms with van der Waals surface area (Å²) in [5.74, 6) is -2.64. The van der Waals surface area contributed by atoms with Crippen molar-refractivity contribution < 1.29 is 23.1 Å². The van der Waals surface area contributed by atoms with Gasteiger partial charge in [0.25, 0.3) is 5.91 Å². The molecule has 1 heterocycles. The van der Waals surface area contributed by atoms with Crippen molar-refractivity contribution in [1.82, 2.24) is 10.6 Å². The minimum Gasteiger partial charge on any atom is -0.444 e. The van der Waals surface area contributed by atoms with Crippen LogP contribution in [0.2, 0.25) is 0 Å². The fourth-order valence-corrected chi connectivity index (χ4v) is 4.13. The highest BCUT2D eigenvalue weighted by molar-refractivity contribution is 6.03. The Morgan fingerprint density at radius 3 is 2.51 bits per heavy atom. The highest BCUT2D eigenvalue weighted by Crippen LogP contribution is 2.27. The molecule has 8 heteroatoms. The number of halogens is 2. The Bertz CT molecular complexity index is 1380. The minimum atomic E-state index is -1.09. The van der Waals surface area contributed by atoms with E-state index in [1.54, 1.807) is 39.0 Å². The van der Waals surface area contributed by atoms with Crippen LogP contribution in [0.1, 0.15) is 60.8 Å². The molecule has 1 aliphatic rings. The molecule has 1 unspecified atom stereocenters. The van der Waals surface area contributed by atoms with Crippen molar-refractivity contribution in [2.24, 2.45) is 4.99 Å². The summed E-state index contributed by atoms with van der Waals surface area (Å²) in [6.45, 7) is 7.56. The molecule has 3 aromatic carbocycles. The highest BCUT2D eigenvalue weighted by Gasteiger charge is 2.24. The second-order valence-corrected chi connectivity index (χ2v) is 9.91. The smallest absolute Gasteiger partial charge is 0.407 e. The molecular formula is C29H29F2N3O3. The average molecular weight is 506 g/mol. The molecule has 2 amide bonds. The third-order valence-electron chi connectivity index (χ3n) is 5.96. The number of ether oxygens (including phenoxy) is 1. The van der Waals surface area contributed by atoms with Gasteiger partial charge in [0.1, 0.15) is 5.60 Å². The van der Waals surface area contributed by atoms with Crippen LogP contribution in [0.25, 0.3) is 11.1 Å². The Morgan fingerprint density at radius 1 is 1.03 bits per heavy atom. The number of hydrogen-bond donors (Lipinski definition) is 2. The number of hydrogen-bond acceptors (Lipinski definition) is 4. The zero-order valence-corrected chi connectivity index (χ0v) is 21.2. The third kappa shape index (κ3) is 6.20. The van der Waals surface area contributed by atoms with Crippen LogP contribution >= 0.6 is 0 Å². The molecule has 0 saturated heterocycles. The number of alkyl carbamates (subject to hydrolysis) is 1. The van der Waals surface area contributed by atoms with Gasteiger partial charge < -0.3 is 15.4 Å². The van der Waals surface area contributed by atoms with E-state index in [9.17, 15) is 18.4 Å². The summed E-state index contributed by atoms with van der Waals surface area (Å²) < 4.78 is 33.9. The minimum absolute atomic E-state index is 0.0889. The predicted octanol–water partition coefficient (Wildman–Crippen LogP) is 5.95. The molecule has 1 atom stereocenters. The normalized spacial score (nSPS) is 13.4. The van der Waals surface area contributed by atoms with Crippen LogP contribution in [-0.2, 0) is 11.3 Å². The maximum atomic E-state index is 14.6. The standard InChI is InChI=1S/C29H29F2N3O3/c1-17-23-14-19(11-12-21(23)15-32-17)18-7-5-8-20(13-18)27(35)34-25(16-33-28(36)37-29(2,3)4)22-9-6-10-24(30)26(22)31/h5-14,25H,15-16H2,1-4H3,(H,33,36)(H,34,35). The summed E-state index contributed by atoms with van der Waals surface area (Å²) in [6, 6.07) is 15.8. The van der Waals surface area contributed by atoms with Crippen molar-refractivity contribution in [1.29, 1.82) is 0 Å². The quantitative estimate of drug-likeness (QED) is 0.435. The number of rotatable bonds is 6. The van der Waals surface area contributed by atoms with Gasteiger partial charge in [-0.15, -0.1) is 0 Å². The molecule has 0 radical (unpaired) electrons. The first kappa shape index (κ1) is 26.0. The third-order valence-corrected chi connectivity index (χ3v) is 5.96. The van der Waals surface area contributed by atoms with Gasteiger partial charge >= 0.3 is 6.09 Å². The van der Waals surface area contributed by atoms with Gasteiger partial charge in [0.2, 0.25) is 0 Å². The predicted molar refractivity (Wildman–Crippen MR) is 139 cm³/mol. The van der Waals surface area contributed by atoms with Crippen molar-refractivity contribution in [2.45, 2.75) is 45.9 Å². The monoisotopic (exact) mass is 505 g/mol. The number of amides is 2. The SMILES string of the molecule is CC1=NCc2ccc(-c3cccc(C(=O)NC(CNC(=O)OC(C)(C)C)c4cccc(F)c4F)c3)cc21. The fourth-order valence-electron chi connectivity index (χ4n) is 4.13. The first-order valence-corrected chi connectivity index (χ1v) is 12.0. The van der Waals surface area contributed by atoms with Crippen LogP contribution in [0.5, 0.6) is 0 Å². The molecule has 0 spiro atoms. The number of aliphatic imine (C=N–C) groups is 1. The maximum Gasteiger partial charge on any atom is 0.407 e. The number of carbonyl (C=O) groups excluding carboxylic acids is 2. The van der Waals surface area contributed by atoms with E-state index in [-0.39, 0.29) is 12.1 Å². The number of benzene rings is 3. The van der Waals surface area contributed by atoms with Crippen LogP contribution in [0.15, 0.2) is 65.7 Å². The van der Waals surface area contributed by atoms with E-state index in [0.29, 0.717) is 12.1 Å². The number of fused-ring (bicyclic) bond motifs is 1. The summed E-state index contributed by atoms with van der Waals surface area (Å²) in [5.41, 5.74) is 4.49. The van der Waals surface area contributed by atoms with Crippen LogP contribution in [-0.4, -0.2) is 29.9 Å². The van der Waals surface area contributed by atoms with E-state index in [4.69, 9.17) is 4.74 Å². The van der Waals surface area contributed by atoms with E-state index >= 15 is 0 Å². The van der Waals surface area contributed by atoms with Crippen molar-refractivity contribution in [3.63, 3.8) is 0 Å². The molecule has 37 heavy (non-hydrogen) atoms. The summed E-state index contributed by atoms with van der Waals surface area (Å²) in [6.07, 6.45) is -0.735. The van der Waals surface area contributed by atoms with Gasteiger partial charge in [0.15, 0.2) is 11.6 Å². The molecule has 6 nitrogen and oxygen atoms in total. The zero-order valence-electron chi connectivity index (χ0n) is 21.2. The van der Waals surface area contributed by atoms with Crippen molar-refractivity contribution in [2.75, 3.05) is 6.54 Å². The second-order valence-electron chi connectivity index (χ2n) is 9.91. The first-order chi connectivity index (χ1) is 17.5. The van der Waals surface area contributed by atoms with Crippen LogP contribution in [0, 0.1) is 11.6 Å². The van der Waals surface area contributed by atoms with E-state index in [0.717, 1.165) is 34.0 Å². The largest absolute Gasteiger partial charge is 0.444 e. The Kier molecular flexibility index (Phi) is 7.38. The lowest BCUT2D eigenvalue weighted by Gasteiger charge is -2.23. The lowest BCUT2D eigenvalue weighted by Crippen LogP contribution is -2.40. The molecule has 0 aliphatic carbocycles. The Hall–Kier alpha value is -4.07. The molecule has 192 valence electrons. The summed E-state index contributed by atoms with van der Waals surface area (Å²) in [5, 5.41) is 5.26. The van der Waals surface area contributed by atoms with Gasteiger partial charge in [0.05, 0.1) is 12.6 Å². The number of nitrogens with one attached hydrogen (secondary N) is 2. The molecule has 0 saturated carbocycles. The summed E-state index contributed by atoms with van der Waals surface area (Å²) in [4.78, 5) is 29.9. The Balaban J connectivity index is 1.57. The lowest BCUT2D eigenvalue weighted by atomic mass is 9.97. The van der Waals surface area contributed by atoms with E-state index in [1.807, 2.05) is 31.2 Å². The van der Waals surface area contributed by atoms with E-state index in [2.05, 4.69) is 15.6 Å². The molecule has 4 rings (SSSR count). The summed E-state index contributed by atoms with van der Waals surface area (Å²) >= 11 is 0. The van der Waals surface area contributed by atoms with Gasteiger partial charge in [-0.3, -0.25) is 9.79 Å². The molecule has 0 aromatic heterocycles. The lowest BCUT2D eigenvalue weighted by molar-refractivity contribution is 0.0519. The number of carbonyl (C=O) groups is 2. The molecular weight excluding hydrogens is 476 g/mol.